The van der Waals surface area contributed by atoms with Crippen LogP contribution in [0.2, 0.25) is 5.02 Å². The number of aromatic nitrogens is 6. The highest BCUT2D eigenvalue weighted by molar-refractivity contribution is 6.31. The number of ether oxygens (including phenoxy) is 2. The van der Waals surface area contributed by atoms with Gasteiger partial charge in [-0.3, -0.25) is 10.00 Å². The molecule has 3 heterocycles. The molecule has 0 saturated heterocycles. The Balaban J connectivity index is 1.42. The number of anilines is 2. The molecular formula is C27H29ClN8O2. The first kappa shape index (κ1) is 25.7. The Kier molecular flexibility index (Phi) is 7.54. The van der Waals surface area contributed by atoms with Crippen molar-refractivity contribution in [3.05, 3.63) is 64.9 Å². The number of hydrogen-bond donors (Lipinski definition) is 3. The minimum atomic E-state index is 0.492. The standard InChI is InChI=1S/C27H29ClN8O2/c1-16-5-7-18(12-19(16)28)25-29-14-23(38-4)26(34-25)33-22-13-30-35-24(22)27-31-20-8-6-17(11-21(20)32-27)15-36(2)9-10-37-3/h5-8,11-14H,9-10,15H2,1-4H3,(H,30,35)(H,31,32)(H,29,33,34). The number of halogens is 1. The predicted octanol–water partition coefficient (Wildman–Crippen LogP) is 5.20. The van der Waals surface area contributed by atoms with Gasteiger partial charge in [-0.15, -0.1) is 0 Å². The molecule has 10 nitrogen and oxygen atoms in total. The van der Waals surface area contributed by atoms with E-state index in [2.05, 4.69) is 49.6 Å². The zero-order valence-corrected chi connectivity index (χ0v) is 22.4. The number of rotatable bonds is 10. The van der Waals surface area contributed by atoms with Crippen molar-refractivity contribution in [2.45, 2.75) is 13.5 Å². The first-order chi connectivity index (χ1) is 18.4. The van der Waals surface area contributed by atoms with Crippen LogP contribution < -0.4 is 10.1 Å². The highest BCUT2D eigenvalue weighted by atomic mass is 35.5. The van der Waals surface area contributed by atoms with Crippen molar-refractivity contribution < 1.29 is 9.47 Å². The molecule has 5 rings (SSSR count). The van der Waals surface area contributed by atoms with Crippen LogP contribution in [0.4, 0.5) is 11.5 Å². The number of H-pyrrole nitrogens is 2. The molecule has 3 N–H and O–H groups in total. The summed E-state index contributed by atoms with van der Waals surface area (Å²) >= 11 is 6.33. The number of methoxy groups -OCH3 is 2. The molecular weight excluding hydrogens is 504 g/mol. The molecule has 0 atom stereocenters. The summed E-state index contributed by atoms with van der Waals surface area (Å²) in [5.74, 6) is 2.16. The lowest BCUT2D eigenvalue weighted by Gasteiger charge is -2.15. The molecule has 3 aromatic heterocycles. The highest BCUT2D eigenvalue weighted by Crippen LogP contribution is 2.33. The number of nitrogens with zero attached hydrogens (tertiary/aromatic N) is 5. The van der Waals surface area contributed by atoms with Crippen LogP contribution >= 0.6 is 11.6 Å². The Labute approximate surface area is 225 Å². The van der Waals surface area contributed by atoms with E-state index in [9.17, 15) is 0 Å². The second-order valence-electron chi connectivity index (χ2n) is 9.03. The van der Waals surface area contributed by atoms with Gasteiger partial charge in [0.2, 0.25) is 0 Å². The number of aryl methyl sites for hydroxylation is 1. The van der Waals surface area contributed by atoms with Crippen LogP contribution in [0.5, 0.6) is 5.75 Å². The van der Waals surface area contributed by atoms with Crippen LogP contribution in [0.15, 0.2) is 48.8 Å². The van der Waals surface area contributed by atoms with Crippen molar-refractivity contribution in [2.24, 2.45) is 0 Å². The second-order valence-corrected chi connectivity index (χ2v) is 9.43. The first-order valence-electron chi connectivity index (χ1n) is 12.1. The molecule has 38 heavy (non-hydrogen) atoms. The summed E-state index contributed by atoms with van der Waals surface area (Å²) in [5, 5.41) is 11.3. The van der Waals surface area contributed by atoms with Crippen LogP contribution in [0.3, 0.4) is 0 Å². The third kappa shape index (κ3) is 5.47. The summed E-state index contributed by atoms with van der Waals surface area (Å²) in [5.41, 5.74) is 6.16. The highest BCUT2D eigenvalue weighted by Gasteiger charge is 2.17. The van der Waals surface area contributed by atoms with Crippen LogP contribution in [-0.4, -0.2) is 69.5 Å². The van der Waals surface area contributed by atoms with Gasteiger partial charge in [0.1, 0.15) is 5.69 Å². The third-order valence-corrected chi connectivity index (χ3v) is 6.62. The van der Waals surface area contributed by atoms with Crippen LogP contribution in [0.25, 0.3) is 33.9 Å². The topological polar surface area (TPSA) is 117 Å². The Hall–Kier alpha value is -3.99. The van der Waals surface area contributed by atoms with E-state index in [0.29, 0.717) is 46.2 Å². The number of fused-ring (bicyclic) bond motifs is 1. The molecule has 0 radical (unpaired) electrons. The number of hydrogen-bond acceptors (Lipinski definition) is 8. The van der Waals surface area contributed by atoms with Gasteiger partial charge in [0.25, 0.3) is 0 Å². The zero-order chi connectivity index (χ0) is 26.6. The minimum absolute atomic E-state index is 0.492. The molecule has 0 fully saturated rings. The van der Waals surface area contributed by atoms with E-state index >= 15 is 0 Å². The lowest BCUT2D eigenvalue weighted by atomic mass is 10.1. The summed E-state index contributed by atoms with van der Waals surface area (Å²) in [7, 11) is 5.36. The number of imidazole rings is 1. The molecule has 0 aliphatic heterocycles. The maximum absolute atomic E-state index is 6.33. The lowest BCUT2D eigenvalue weighted by molar-refractivity contribution is 0.158. The van der Waals surface area contributed by atoms with Gasteiger partial charge in [0.15, 0.2) is 23.2 Å². The zero-order valence-electron chi connectivity index (χ0n) is 21.7. The molecule has 11 heteroatoms. The second kappa shape index (κ2) is 11.2. The Bertz CT molecular complexity index is 1560. The Morgan fingerprint density at radius 1 is 1.08 bits per heavy atom. The van der Waals surface area contributed by atoms with Crippen LogP contribution in [0.1, 0.15) is 11.1 Å². The average molecular weight is 533 g/mol. The molecule has 196 valence electrons. The normalized spacial score (nSPS) is 11.4. The molecule has 5 aromatic rings. The molecule has 0 aliphatic rings. The van der Waals surface area contributed by atoms with Gasteiger partial charge in [-0.25, -0.2) is 15.0 Å². The van der Waals surface area contributed by atoms with E-state index in [-0.39, 0.29) is 0 Å². The fourth-order valence-corrected chi connectivity index (χ4v) is 4.26. The van der Waals surface area contributed by atoms with E-state index in [4.69, 9.17) is 31.0 Å². The predicted molar refractivity (Wildman–Crippen MR) is 149 cm³/mol. The van der Waals surface area contributed by atoms with E-state index in [1.165, 1.54) is 5.56 Å². The first-order valence-corrected chi connectivity index (χ1v) is 12.5. The summed E-state index contributed by atoms with van der Waals surface area (Å²) < 4.78 is 10.7. The van der Waals surface area contributed by atoms with Gasteiger partial charge >= 0.3 is 0 Å². The van der Waals surface area contributed by atoms with E-state index < -0.39 is 0 Å². The Morgan fingerprint density at radius 3 is 2.74 bits per heavy atom. The van der Waals surface area contributed by atoms with E-state index in [1.807, 2.05) is 31.2 Å². The molecule has 0 bridgehead atoms. The monoisotopic (exact) mass is 532 g/mol. The average Bonchev–Trinajstić information content (AvgIpc) is 3.55. The summed E-state index contributed by atoms with van der Waals surface area (Å²) in [6.07, 6.45) is 3.31. The molecule has 2 aromatic carbocycles. The summed E-state index contributed by atoms with van der Waals surface area (Å²) in [6, 6.07) is 12.0. The largest absolute Gasteiger partial charge is 0.491 e. The number of nitrogens with one attached hydrogen (secondary N) is 3. The van der Waals surface area contributed by atoms with Crippen LogP contribution in [0, 0.1) is 6.92 Å². The van der Waals surface area contributed by atoms with Gasteiger partial charge in [-0.1, -0.05) is 29.8 Å². The SMILES string of the molecule is COCCN(C)Cc1ccc2nc(-c3[nH]ncc3Nc3nc(-c4ccc(C)c(Cl)c4)ncc3OC)[nH]c2c1. The van der Waals surface area contributed by atoms with Crippen molar-refractivity contribution in [3.63, 3.8) is 0 Å². The van der Waals surface area contributed by atoms with Gasteiger partial charge in [0.05, 0.1) is 42.8 Å². The van der Waals surface area contributed by atoms with E-state index in [0.717, 1.165) is 35.2 Å². The summed E-state index contributed by atoms with van der Waals surface area (Å²) in [4.78, 5) is 19.6. The molecule has 0 amide bonds. The van der Waals surface area contributed by atoms with Crippen molar-refractivity contribution in [1.29, 1.82) is 0 Å². The van der Waals surface area contributed by atoms with Crippen molar-refractivity contribution >= 4 is 34.1 Å². The maximum atomic E-state index is 6.33. The summed E-state index contributed by atoms with van der Waals surface area (Å²) in [6.45, 7) is 4.32. The molecule has 0 saturated carbocycles. The fraction of sp³-hybridized carbons (Fsp3) is 0.259. The van der Waals surface area contributed by atoms with Crippen molar-refractivity contribution in [3.8, 4) is 28.7 Å². The van der Waals surface area contributed by atoms with Crippen LogP contribution in [-0.2, 0) is 11.3 Å². The molecule has 0 spiro atoms. The lowest BCUT2D eigenvalue weighted by Crippen LogP contribution is -2.22. The molecule has 0 aliphatic carbocycles. The number of benzene rings is 2. The quantitative estimate of drug-likeness (QED) is 0.224. The van der Waals surface area contributed by atoms with Crippen molar-refractivity contribution in [2.75, 3.05) is 39.7 Å². The van der Waals surface area contributed by atoms with Gasteiger partial charge < -0.3 is 19.8 Å². The fourth-order valence-electron chi connectivity index (χ4n) is 4.08. The van der Waals surface area contributed by atoms with Gasteiger partial charge in [0, 0.05) is 30.8 Å². The number of likely N-dealkylation sites (N-methyl/N-ethyl adjacent to an activating group) is 1. The maximum Gasteiger partial charge on any atom is 0.179 e. The van der Waals surface area contributed by atoms with Gasteiger partial charge in [-0.2, -0.15) is 5.10 Å². The van der Waals surface area contributed by atoms with Gasteiger partial charge in [-0.05, 0) is 43.3 Å². The van der Waals surface area contributed by atoms with Crippen molar-refractivity contribution in [1.82, 2.24) is 35.0 Å². The third-order valence-electron chi connectivity index (χ3n) is 6.21. The minimum Gasteiger partial charge on any atom is -0.491 e. The number of aromatic amines is 2. The smallest absolute Gasteiger partial charge is 0.179 e. The Morgan fingerprint density at radius 2 is 1.95 bits per heavy atom. The molecule has 0 unspecified atom stereocenters. The van der Waals surface area contributed by atoms with E-state index in [1.54, 1.807) is 26.6 Å².